The van der Waals surface area contributed by atoms with E-state index in [1.807, 2.05) is 45.0 Å². The molecule has 1 aromatic rings. The highest BCUT2D eigenvalue weighted by molar-refractivity contribution is 5.69. The second-order valence-corrected chi connectivity index (χ2v) is 6.55. The van der Waals surface area contributed by atoms with Crippen molar-refractivity contribution < 1.29 is 19.4 Å². The number of carbonyl (C=O) groups excluding carboxylic acids is 1. The Morgan fingerprint density at radius 1 is 1.33 bits per heavy atom. The number of hydrogen-bond donors (Lipinski definition) is 1. The molecule has 1 N–H and O–H groups in total. The van der Waals surface area contributed by atoms with Crippen LogP contribution in [0.15, 0.2) is 24.3 Å². The second kappa shape index (κ2) is 5.56. The van der Waals surface area contributed by atoms with Crippen LogP contribution in [0.5, 0.6) is 5.75 Å². The van der Waals surface area contributed by atoms with Crippen molar-refractivity contribution in [2.45, 2.75) is 38.4 Å². The number of ether oxygens (including phenoxy) is 2. The zero-order valence-corrected chi connectivity index (χ0v) is 13.0. The Morgan fingerprint density at radius 3 is 2.52 bits per heavy atom. The number of amides is 1. The SMILES string of the molecule is COc1ccccc1CC1(O)CN(C(=O)OC(C)(C)C)C1. The number of methoxy groups -OCH3 is 1. The van der Waals surface area contributed by atoms with Gasteiger partial charge in [-0.2, -0.15) is 0 Å². The molecule has 116 valence electrons. The molecule has 2 rings (SSSR count). The van der Waals surface area contributed by atoms with E-state index in [1.165, 1.54) is 4.90 Å². The van der Waals surface area contributed by atoms with Crippen molar-refractivity contribution >= 4 is 6.09 Å². The number of β-amino-alcohol motifs (C(OH)–C–C–N with tert-alkyl or cyclic N) is 1. The summed E-state index contributed by atoms with van der Waals surface area (Å²) in [7, 11) is 1.61. The number of benzene rings is 1. The summed E-state index contributed by atoms with van der Waals surface area (Å²) >= 11 is 0. The lowest BCUT2D eigenvalue weighted by atomic mass is 9.87. The number of hydrogen-bond acceptors (Lipinski definition) is 4. The fourth-order valence-corrected chi connectivity index (χ4v) is 2.44. The van der Waals surface area contributed by atoms with Crippen molar-refractivity contribution in [1.29, 1.82) is 0 Å². The fourth-order valence-electron chi connectivity index (χ4n) is 2.44. The number of aliphatic hydroxyl groups is 1. The quantitative estimate of drug-likeness (QED) is 0.928. The van der Waals surface area contributed by atoms with Crippen LogP contribution >= 0.6 is 0 Å². The van der Waals surface area contributed by atoms with Crippen LogP contribution < -0.4 is 4.74 Å². The standard InChI is InChI=1S/C16H23NO4/c1-15(2,3)21-14(18)17-10-16(19,11-17)9-12-7-5-6-8-13(12)20-4/h5-8,19H,9-11H2,1-4H3. The Morgan fingerprint density at radius 2 is 1.95 bits per heavy atom. The van der Waals surface area contributed by atoms with E-state index in [1.54, 1.807) is 7.11 Å². The normalized spacial score (nSPS) is 17.1. The third-order valence-corrected chi connectivity index (χ3v) is 3.33. The Hall–Kier alpha value is -1.75. The van der Waals surface area contributed by atoms with Gasteiger partial charge in [-0.3, -0.25) is 0 Å². The number of para-hydroxylation sites is 1. The van der Waals surface area contributed by atoms with E-state index in [0.717, 1.165) is 11.3 Å². The van der Waals surface area contributed by atoms with Gasteiger partial charge in [0.2, 0.25) is 0 Å². The molecule has 0 saturated carbocycles. The Kier molecular flexibility index (Phi) is 4.14. The zero-order valence-electron chi connectivity index (χ0n) is 13.0. The van der Waals surface area contributed by atoms with Gasteiger partial charge < -0.3 is 19.5 Å². The average Bonchev–Trinajstić information content (AvgIpc) is 2.34. The molecule has 0 spiro atoms. The van der Waals surface area contributed by atoms with Crippen LogP contribution in [0.2, 0.25) is 0 Å². The third-order valence-electron chi connectivity index (χ3n) is 3.33. The molecule has 5 heteroatoms. The summed E-state index contributed by atoms with van der Waals surface area (Å²) < 4.78 is 10.6. The molecule has 1 amide bonds. The maximum Gasteiger partial charge on any atom is 0.410 e. The van der Waals surface area contributed by atoms with Gasteiger partial charge in [-0.25, -0.2) is 4.79 Å². The Labute approximate surface area is 125 Å². The van der Waals surface area contributed by atoms with Gasteiger partial charge in [0.25, 0.3) is 0 Å². The topological polar surface area (TPSA) is 59.0 Å². The molecule has 1 aliphatic rings. The summed E-state index contributed by atoms with van der Waals surface area (Å²) in [4.78, 5) is 13.4. The van der Waals surface area contributed by atoms with Gasteiger partial charge in [-0.15, -0.1) is 0 Å². The van der Waals surface area contributed by atoms with Crippen molar-refractivity contribution in [3.63, 3.8) is 0 Å². The predicted molar refractivity (Wildman–Crippen MR) is 79.5 cm³/mol. The minimum atomic E-state index is -0.911. The molecular weight excluding hydrogens is 270 g/mol. The van der Waals surface area contributed by atoms with Crippen LogP contribution in [0.25, 0.3) is 0 Å². The summed E-state index contributed by atoms with van der Waals surface area (Å²) in [5, 5.41) is 10.5. The maximum absolute atomic E-state index is 11.9. The molecule has 0 bridgehead atoms. The molecule has 21 heavy (non-hydrogen) atoms. The minimum absolute atomic E-state index is 0.278. The van der Waals surface area contributed by atoms with Gasteiger partial charge in [-0.05, 0) is 32.4 Å². The van der Waals surface area contributed by atoms with E-state index in [4.69, 9.17) is 9.47 Å². The smallest absolute Gasteiger partial charge is 0.410 e. The van der Waals surface area contributed by atoms with Gasteiger partial charge in [0.15, 0.2) is 0 Å². The molecular formula is C16H23NO4. The molecule has 0 unspecified atom stereocenters. The van der Waals surface area contributed by atoms with Gasteiger partial charge in [0.05, 0.1) is 20.2 Å². The van der Waals surface area contributed by atoms with Crippen molar-refractivity contribution in [1.82, 2.24) is 4.90 Å². The molecule has 0 aromatic heterocycles. The van der Waals surface area contributed by atoms with Gasteiger partial charge in [0.1, 0.15) is 17.0 Å². The van der Waals surface area contributed by atoms with E-state index in [2.05, 4.69) is 0 Å². The lowest BCUT2D eigenvalue weighted by molar-refractivity contribution is -0.0975. The largest absolute Gasteiger partial charge is 0.496 e. The molecule has 0 aliphatic carbocycles. The molecule has 0 atom stereocenters. The van der Waals surface area contributed by atoms with Crippen molar-refractivity contribution in [3.8, 4) is 5.75 Å². The molecule has 0 radical (unpaired) electrons. The highest BCUT2D eigenvalue weighted by atomic mass is 16.6. The number of rotatable bonds is 3. The summed E-state index contributed by atoms with van der Waals surface area (Å²) in [5.41, 5.74) is -0.495. The Balaban J connectivity index is 1.94. The Bertz CT molecular complexity index is 515. The van der Waals surface area contributed by atoms with Gasteiger partial charge in [0, 0.05) is 6.42 Å². The lowest BCUT2D eigenvalue weighted by Gasteiger charge is -2.46. The summed E-state index contributed by atoms with van der Waals surface area (Å²) in [6.07, 6.45) is 0.0725. The van der Waals surface area contributed by atoms with E-state index in [-0.39, 0.29) is 19.2 Å². The number of carbonyl (C=O) groups is 1. The average molecular weight is 293 g/mol. The highest BCUT2D eigenvalue weighted by Crippen LogP contribution is 2.30. The molecule has 1 aromatic carbocycles. The monoisotopic (exact) mass is 293 g/mol. The minimum Gasteiger partial charge on any atom is -0.496 e. The molecule has 1 fully saturated rings. The van der Waals surface area contributed by atoms with E-state index in [0.29, 0.717) is 6.42 Å². The lowest BCUT2D eigenvalue weighted by Crippen LogP contribution is -2.65. The van der Waals surface area contributed by atoms with E-state index >= 15 is 0 Å². The molecule has 1 heterocycles. The van der Waals surface area contributed by atoms with E-state index in [9.17, 15) is 9.90 Å². The maximum atomic E-state index is 11.9. The van der Waals surface area contributed by atoms with Crippen molar-refractivity contribution in [3.05, 3.63) is 29.8 Å². The van der Waals surface area contributed by atoms with Crippen LogP contribution in [-0.2, 0) is 11.2 Å². The first kappa shape index (κ1) is 15.6. The number of nitrogens with zero attached hydrogens (tertiary/aromatic N) is 1. The van der Waals surface area contributed by atoms with Crippen molar-refractivity contribution in [2.24, 2.45) is 0 Å². The second-order valence-electron chi connectivity index (χ2n) is 6.55. The molecule has 5 nitrogen and oxygen atoms in total. The molecule has 1 saturated heterocycles. The van der Waals surface area contributed by atoms with Gasteiger partial charge in [-0.1, -0.05) is 18.2 Å². The van der Waals surface area contributed by atoms with Crippen LogP contribution in [0.4, 0.5) is 4.79 Å². The third kappa shape index (κ3) is 3.88. The van der Waals surface area contributed by atoms with E-state index < -0.39 is 11.2 Å². The summed E-state index contributed by atoms with van der Waals surface area (Å²) in [5.74, 6) is 0.752. The first-order chi connectivity index (χ1) is 9.72. The van der Waals surface area contributed by atoms with Crippen LogP contribution in [0.1, 0.15) is 26.3 Å². The predicted octanol–water partition coefficient (Wildman–Crippen LogP) is 2.22. The van der Waals surface area contributed by atoms with Crippen LogP contribution in [0, 0.1) is 0 Å². The number of likely N-dealkylation sites (tertiary alicyclic amines) is 1. The molecule has 1 aliphatic heterocycles. The van der Waals surface area contributed by atoms with Gasteiger partial charge >= 0.3 is 6.09 Å². The first-order valence-corrected chi connectivity index (χ1v) is 7.05. The van der Waals surface area contributed by atoms with Crippen molar-refractivity contribution in [2.75, 3.05) is 20.2 Å². The first-order valence-electron chi connectivity index (χ1n) is 7.05. The summed E-state index contributed by atoms with van der Waals surface area (Å²) in [6.45, 7) is 6.03. The summed E-state index contributed by atoms with van der Waals surface area (Å²) in [6, 6.07) is 7.58. The van der Waals surface area contributed by atoms with Crippen LogP contribution in [-0.4, -0.2) is 47.5 Å². The van der Waals surface area contributed by atoms with Crippen LogP contribution in [0.3, 0.4) is 0 Å². The fraction of sp³-hybridized carbons (Fsp3) is 0.562. The highest BCUT2D eigenvalue weighted by Gasteiger charge is 2.45. The zero-order chi connectivity index (χ0) is 15.7.